The molecule has 1 N–H and O–H groups in total. The summed E-state index contributed by atoms with van der Waals surface area (Å²) in [4.78, 5) is 12.3. The van der Waals surface area contributed by atoms with E-state index in [1.165, 1.54) is 17.9 Å². The number of ether oxygens (including phenoxy) is 2. The number of furan rings is 1. The zero-order valence-electron chi connectivity index (χ0n) is 19.4. The molecule has 7 heteroatoms. The number of nitriles is 1. The average Bonchev–Trinajstić information content (AvgIpc) is 3.33. The highest BCUT2D eigenvalue weighted by Crippen LogP contribution is 2.27. The zero-order chi connectivity index (χ0) is 24.6. The third-order valence-corrected chi connectivity index (χ3v) is 5.26. The molecule has 34 heavy (non-hydrogen) atoms. The molecule has 176 valence electrons. The minimum absolute atomic E-state index is 0.0397. The van der Waals surface area contributed by atoms with E-state index in [1.807, 2.05) is 18.2 Å². The number of rotatable bonds is 9. The molecule has 1 aromatic heterocycles. The van der Waals surface area contributed by atoms with Gasteiger partial charge in [-0.2, -0.15) is 5.26 Å². The van der Waals surface area contributed by atoms with Crippen LogP contribution in [0.1, 0.15) is 37.7 Å². The fraction of sp³-hybridized carbons (Fsp3) is 0.259. The van der Waals surface area contributed by atoms with Crippen molar-refractivity contribution in [2.24, 2.45) is 0 Å². The molecular weight excluding hydrogens is 452 g/mol. The molecule has 0 atom stereocenters. The molecule has 3 aromatic rings. The third-order valence-electron chi connectivity index (χ3n) is 4.97. The first-order valence-corrected chi connectivity index (χ1v) is 11.2. The van der Waals surface area contributed by atoms with Crippen molar-refractivity contribution in [1.29, 1.82) is 5.26 Å². The smallest absolute Gasteiger partial charge is 0.262 e. The number of benzene rings is 2. The number of hydrogen-bond acceptors (Lipinski definition) is 5. The second kappa shape index (κ2) is 11.4. The van der Waals surface area contributed by atoms with Crippen LogP contribution in [-0.2, 0) is 16.8 Å². The van der Waals surface area contributed by atoms with E-state index >= 15 is 0 Å². The Bertz CT molecular complexity index is 1170. The molecule has 0 saturated carbocycles. The third kappa shape index (κ3) is 7.16. The Morgan fingerprint density at radius 2 is 1.85 bits per heavy atom. The first-order valence-electron chi connectivity index (χ1n) is 10.8. The summed E-state index contributed by atoms with van der Waals surface area (Å²) in [7, 11) is 0. The zero-order valence-corrected chi connectivity index (χ0v) is 20.2. The molecule has 0 aliphatic heterocycles. The molecule has 3 rings (SSSR count). The lowest BCUT2D eigenvalue weighted by atomic mass is 9.87. The van der Waals surface area contributed by atoms with Crippen LogP contribution in [0.15, 0.2) is 70.9 Å². The summed E-state index contributed by atoms with van der Waals surface area (Å²) in [5.41, 5.74) is 1.91. The second-order valence-electron chi connectivity index (χ2n) is 8.59. The number of amides is 1. The summed E-state index contributed by atoms with van der Waals surface area (Å²) in [5.74, 6) is 1.37. The van der Waals surface area contributed by atoms with Gasteiger partial charge in [0.1, 0.15) is 42.1 Å². The molecule has 6 nitrogen and oxygen atoms in total. The highest BCUT2D eigenvalue weighted by Gasteiger charge is 2.13. The molecule has 2 aromatic carbocycles. The predicted molar refractivity (Wildman–Crippen MR) is 132 cm³/mol. The quantitative estimate of drug-likeness (QED) is 0.235. The number of hydrogen-bond donors (Lipinski definition) is 1. The summed E-state index contributed by atoms with van der Waals surface area (Å²) in [6.45, 7) is 7.37. The van der Waals surface area contributed by atoms with Gasteiger partial charge in [0.25, 0.3) is 5.91 Å². The van der Waals surface area contributed by atoms with Crippen LogP contribution in [-0.4, -0.2) is 19.1 Å². The van der Waals surface area contributed by atoms with Crippen LogP contribution in [0, 0.1) is 11.3 Å². The van der Waals surface area contributed by atoms with Gasteiger partial charge >= 0.3 is 0 Å². The van der Waals surface area contributed by atoms with Gasteiger partial charge in [-0.05, 0) is 59.0 Å². The van der Waals surface area contributed by atoms with E-state index in [0.29, 0.717) is 35.3 Å². The summed E-state index contributed by atoms with van der Waals surface area (Å²) in [5, 5.41) is 12.4. The first kappa shape index (κ1) is 24.9. The van der Waals surface area contributed by atoms with Gasteiger partial charge in [-0.25, -0.2) is 0 Å². The number of halogens is 1. The molecule has 1 amide bonds. The van der Waals surface area contributed by atoms with Gasteiger partial charge in [0, 0.05) is 0 Å². The summed E-state index contributed by atoms with van der Waals surface area (Å²) < 4.78 is 16.6. The van der Waals surface area contributed by atoms with Crippen LogP contribution in [0.5, 0.6) is 11.5 Å². The van der Waals surface area contributed by atoms with Crippen LogP contribution >= 0.6 is 11.6 Å². The molecule has 0 unspecified atom stereocenters. The summed E-state index contributed by atoms with van der Waals surface area (Å²) in [6.07, 6.45) is 2.99. The van der Waals surface area contributed by atoms with Crippen molar-refractivity contribution >= 4 is 23.6 Å². The van der Waals surface area contributed by atoms with E-state index in [9.17, 15) is 10.1 Å². The fourth-order valence-electron chi connectivity index (χ4n) is 3.08. The number of carbonyl (C=O) groups is 1. The Morgan fingerprint density at radius 3 is 2.47 bits per heavy atom. The van der Waals surface area contributed by atoms with E-state index in [-0.39, 0.29) is 17.5 Å². The van der Waals surface area contributed by atoms with Crippen molar-refractivity contribution in [2.75, 3.05) is 13.2 Å². The maximum atomic E-state index is 12.3. The van der Waals surface area contributed by atoms with E-state index in [1.54, 1.807) is 30.3 Å². The number of nitrogens with one attached hydrogen (secondary N) is 1. The maximum Gasteiger partial charge on any atom is 0.262 e. The highest BCUT2D eigenvalue weighted by molar-refractivity contribution is 6.32. The van der Waals surface area contributed by atoms with Crippen LogP contribution < -0.4 is 14.8 Å². The van der Waals surface area contributed by atoms with Gasteiger partial charge in [-0.3, -0.25) is 4.79 Å². The lowest BCUT2D eigenvalue weighted by Crippen LogP contribution is -2.23. The molecule has 0 saturated heterocycles. The van der Waals surface area contributed by atoms with E-state index in [4.69, 9.17) is 25.5 Å². The van der Waals surface area contributed by atoms with Crippen molar-refractivity contribution in [2.45, 2.75) is 32.7 Å². The van der Waals surface area contributed by atoms with Crippen molar-refractivity contribution in [3.05, 3.63) is 88.3 Å². The molecule has 0 spiro atoms. The Kier molecular flexibility index (Phi) is 8.39. The van der Waals surface area contributed by atoms with Crippen molar-refractivity contribution in [3.63, 3.8) is 0 Å². The van der Waals surface area contributed by atoms with Crippen LogP contribution in [0.2, 0.25) is 5.02 Å². The Labute approximate surface area is 204 Å². The van der Waals surface area contributed by atoms with E-state index in [0.717, 1.165) is 5.75 Å². The van der Waals surface area contributed by atoms with Gasteiger partial charge in [0.2, 0.25) is 0 Å². The van der Waals surface area contributed by atoms with Crippen molar-refractivity contribution in [3.8, 4) is 17.6 Å². The molecule has 0 fully saturated rings. The summed E-state index contributed by atoms with van der Waals surface area (Å²) in [6, 6.07) is 18.5. The molecule has 0 aliphatic rings. The minimum atomic E-state index is -0.497. The van der Waals surface area contributed by atoms with Crippen LogP contribution in [0.4, 0.5) is 0 Å². The van der Waals surface area contributed by atoms with Crippen LogP contribution in [0.3, 0.4) is 0 Å². The number of carbonyl (C=O) groups excluding carboxylic acids is 1. The maximum absolute atomic E-state index is 12.3. The lowest BCUT2D eigenvalue weighted by molar-refractivity contribution is -0.117. The monoisotopic (exact) mass is 478 g/mol. The average molecular weight is 479 g/mol. The fourth-order valence-corrected chi connectivity index (χ4v) is 3.32. The van der Waals surface area contributed by atoms with Crippen molar-refractivity contribution in [1.82, 2.24) is 5.32 Å². The van der Waals surface area contributed by atoms with E-state index in [2.05, 4.69) is 38.2 Å². The van der Waals surface area contributed by atoms with Crippen molar-refractivity contribution < 1.29 is 18.7 Å². The lowest BCUT2D eigenvalue weighted by Gasteiger charge is -2.19. The van der Waals surface area contributed by atoms with Gasteiger partial charge in [0.05, 0.1) is 17.8 Å². The van der Waals surface area contributed by atoms with Gasteiger partial charge in [-0.15, -0.1) is 0 Å². The molecule has 0 radical (unpaired) electrons. The molecule has 1 heterocycles. The predicted octanol–water partition coefficient (Wildman–Crippen LogP) is 5.91. The number of nitrogens with zero attached hydrogens (tertiary/aromatic N) is 1. The standard InChI is InChI=1S/C27H27ClN2O4/c1-27(2,3)21-7-9-22(10-8-21)33-13-14-34-25-11-6-19(16-24(25)28)15-20(17-29)26(31)30-18-23-5-4-12-32-23/h4-12,15-16H,13-14,18H2,1-3H3,(H,30,31)/b20-15+. The van der Waals surface area contributed by atoms with Crippen LogP contribution in [0.25, 0.3) is 6.08 Å². The first-order chi connectivity index (χ1) is 16.3. The molecular formula is C27H27ClN2O4. The Hall–Kier alpha value is -3.69. The highest BCUT2D eigenvalue weighted by atomic mass is 35.5. The topological polar surface area (TPSA) is 84.5 Å². The van der Waals surface area contributed by atoms with Gasteiger partial charge in [-0.1, -0.05) is 50.6 Å². The second-order valence-corrected chi connectivity index (χ2v) is 9.00. The molecule has 0 aliphatic carbocycles. The normalized spacial score (nSPS) is 11.6. The van der Waals surface area contributed by atoms with Gasteiger partial charge < -0.3 is 19.2 Å². The Balaban J connectivity index is 1.51. The minimum Gasteiger partial charge on any atom is -0.490 e. The van der Waals surface area contributed by atoms with E-state index < -0.39 is 5.91 Å². The Morgan fingerprint density at radius 1 is 1.12 bits per heavy atom. The van der Waals surface area contributed by atoms with Gasteiger partial charge in [0.15, 0.2) is 0 Å². The molecule has 0 bridgehead atoms. The SMILES string of the molecule is CC(C)(C)c1ccc(OCCOc2ccc(/C=C(\C#N)C(=O)NCc3ccco3)cc2Cl)cc1. The largest absolute Gasteiger partial charge is 0.490 e. The summed E-state index contributed by atoms with van der Waals surface area (Å²) >= 11 is 6.33.